The van der Waals surface area contributed by atoms with E-state index in [1.165, 1.54) is 7.11 Å². The van der Waals surface area contributed by atoms with Gasteiger partial charge in [0.05, 0.1) is 5.70 Å². The normalized spacial score (nSPS) is 16.4. The molecule has 2 heterocycles. The number of likely N-dealkylation sites (N-methyl/N-ethyl adjacent to an activating group) is 1. The number of aliphatic hydroxyl groups is 1. The van der Waals surface area contributed by atoms with Crippen LogP contribution in [0.25, 0.3) is 22.5 Å². The number of anilines is 1. The van der Waals surface area contributed by atoms with E-state index < -0.39 is 23.0 Å². The predicted octanol–water partition coefficient (Wildman–Crippen LogP) is 6.99. The van der Waals surface area contributed by atoms with Crippen molar-refractivity contribution in [3.63, 3.8) is 0 Å². The van der Waals surface area contributed by atoms with Crippen molar-refractivity contribution >= 4 is 11.7 Å². The molecule has 1 unspecified atom stereocenters. The number of benzene rings is 5. The summed E-state index contributed by atoms with van der Waals surface area (Å²) in [7, 11) is 3.24. The van der Waals surface area contributed by atoms with Crippen LogP contribution in [0.2, 0.25) is 0 Å². The first-order chi connectivity index (χ1) is 25.0. The lowest BCUT2D eigenvalue weighted by molar-refractivity contribution is -0.133. The van der Waals surface area contributed by atoms with Gasteiger partial charge in [0, 0.05) is 32.3 Å². The summed E-state index contributed by atoms with van der Waals surface area (Å²) in [5, 5.41) is 35.2. The molecule has 0 aliphatic carbocycles. The molecule has 0 saturated carbocycles. The average molecular weight is 693 g/mol. The maximum atomic E-state index is 12.8. The minimum Gasteiger partial charge on any atom is -0.477 e. The van der Waals surface area contributed by atoms with Gasteiger partial charge in [-0.3, -0.25) is 4.90 Å². The van der Waals surface area contributed by atoms with E-state index in [1.807, 2.05) is 108 Å². The lowest BCUT2D eigenvalue weighted by Gasteiger charge is -2.42. The summed E-state index contributed by atoms with van der Waals surface area (Å²) in [5.41, 5.74) is 3.92. The van der Waals surface area contributed by atoms with Gasteiger partial charge in [-0.2, -0.15) is 0 Å². The summed E-state index contributed by atoms with van der Waals surface area (Å²) in [5.74, 6) is -1.83. The summed E-state index contributed by atoms with van der Waals surface area (Å²) >= 11 is 0. The number of ether oxygens (including phenoxy) is 1. The standard InChI is InChI=1S/C42H40N6O4/c1-40(2,51)37-36(39(49)50)47(41(3,52-5)46(37)4)33-27-25-29(26-28-33)34-23-15-16-24-35(34)38-43-44-45-48(38)42(30-17-9-6-10-18-30,31-19-11-7-12-20-31)32-21-13-8-14-22-32/h6-28,51H,1-5H3,(H,49,50). The highest BCUT2D eigenvalue weighted by Crippen LogP contribution is 2.46. The van der Waals surface area contributed by atoms with Crippen LogP contribution in [0.5, 0.6) is 0 Å². The van der Waals surface area contributed by atoms with Crippen LogP contribution in [-0.2, 0) is 15.1 Å². The van der Waals surface area contributed by atoms with Gasteiger partial charge in [-0.15, -0.1) is 5.10 Å². The highest BCUT2D eigenvalue weighted by molar-refractivity contribution is 5.94. The van der Waals surface area contributed by atoms with E-state index in [4.69, 9.17) is 9.95 Å². The molecule has 7 rings (SSSR count). The molecule has 2 N–H and O–H groups in total. The molecular formula is C42H40N6O4. The van der Waals surface area contributed by atoms with Gasteiger partial charge in [0.1, 0.15) is 11.1 Å². The number of rotatable bonds is 10. The molecule has 10 nitrogen and oxygen atoms in total. The SMILES string of the molecule is COC1(C)N(C)C(C(C)(C)O)=C(C(=O)O)N1c1ccc(-c2ccccc2-c2nnnn2C(c2ccccc2)(c2ccccc2)c2ccccc2)cc1. The van der Waals surface area contributed by atoms with Crippen LogP contribution < -0.4 is 4.90 Å². The Bertz CT molecular complexity index is 2140. The summed E-state index contributed by atoms with van der Waals surface area (Å²) in [6, 6.07) is 46.3. The fourth-order valence-corrected chi connectivity index (χ4v) is 7.53. The molecule has 0 fully saturated rings. The van der Waals surface area contributed by atoms with Crippen LogP contribution in [0.15, 0.2) is 151 Å². The number of carboxylic acids is 1. The first-order valence-electron chi connectivity index (χ1n) is 17.0. The lowest BCUT2D eigenvalue weighted by Crippen LogP contribution is -2.54. The van der Waals surface area contributed by atoms with Crippen LogP contribution >= 0.6 is 0 Å². The minimum atomic E-state index is -1.45. The number of hydrogen-bond acceptors (Lipinski definition) is 8. The maximum absolute atomic E-state index is 12.8. The highest BCUT2D eigenvalue weighted by Gasteiger charge is 2.53. The molecule has 1 aromatic heterocycles. The molecule has 1 aliphatic rings. The number of methoxy groups -OCH3 is 1. The van der Waals surface area contributed by atoms with Crippen molar-refractivity contribution in [2.24, 2.45) is 0 Å². The highest BCUT2D eigenvalue weighted by atomic mass is 16.5. The molecular weight excluding hydrogens is 652 g/mol. The third-order valence-corrected chi connectivity index (χ3v) is 9.96. The van der Waals surface area contributed by atoms with Gasteiger partial charge >= 0.3 is 5.97 Å². The Morgan fingerprint density at radius 3 is 1.67 bits per heavy atom. The number of hydrogen-bond donors (Lipinski definition) is 2. The topological polar surface area (TPSA) is 117 Å². The Morgan fingerprint density at radius 2 is 1.21 bits per heavy atom. The largest absolute Gasteiger partial charge is 0.477 e. The molecule has 262 valence electrons. The van der Waals surface area contributed by atoms with Gasteiger partial charge < -0.3 is 19.8 Å². The van der Waals surface area contributed by atoms with Crippen LogP contribution in [0.3, 0.4) is 0 Å². The minimum absolute atomic E-state index is 0.0641. The molecule has 0 radical (unpaired) electrons. The molecule has 1 aliphatic heterocycles. The number of carboxylic acid groups (broad SMARTS) is 1. The monoisotopic (exact) mass is 692 g/mol. The first kappa shape index (κ1) is 34.4. The van der Waals surface area contributed by atoms with Crippen molar-refractivity contribution in [2.45, 2.75) is 37.8 Å². The van der Waals surface area contributed by atoms with Crippen molar-refractivity contribution in [2.75, 3.05) is 19.1 Å². The summed E-state index contributed by atoms with van der Waals surface area (Å²) in [6.07, 6.45) is 0. The smallest absolute Gasteiger partial charge is 0.354 e. The molecule has 0 amide bonds. The molecule has 0 bridgehead atoms. The molecule has 1 atom stereocenters. The van der Waals surface area contributed by atoms with Gasteiger partial charge in [0.15, 0.2) is 11.5 Å². The van der Waals surface area contributed by atoms with E-state index in [0.29, 0.717) is 11.5 Å². The van der Waals surface area contributed by atoms with Crippen molar-refractivity contribution in [1.82, 2.24) is 25.1 Å². The second-order valence-electron chi connectivity index (χ2n) is 13.4. The third kappa shape index (κ3) is 5.44. The van der Waals surface area contributed by atoms with Gasteiger partial charge in [-0.05, 0) is 64.2 Å². The summed E-state index contributed by atoms with van der Waals surface area (Å²) < 4.78 is 7.84. The fourth-order valence-electron chi connectivity index (χ4n) is 7.53. The van der Waals surface area contributed by atoms with Gasteiger partial charge in [-0.1, -0.05) is 127 Å². The number of tetrazole rings is 1. The lowest BCUT2D eigenvalue weighted by atomic mass is 9.77. The molecule has 10 heteroatoms. The maximum Gasteiger partial charge on any atom is 0.354 e. The molecule has 0 saturated heterocycles. The van der Waals surface area contributed by atoms with Crippen molar-refractivity contribution < 1.29 is 19.7 Å². The predicted molar refractivity (Wildman–Crippen MR) is 200 cm³/mol. The van der Waals surface area contributed by atoms with Gasteiger partial charge in [0.25, 0.3) is 0 Å². The molecule has 52 heavy (non-hydrogen) atoms. The van der Waals surface area contributed by atoms with Crippen molar-refractivity contribution in [3.05, 3.63) is 168 Å². The Balaban J connectivity index is 1.40. The molecule has 0 spiro atoms. The second-order valence-corrected chi connectivity index (χ2v) is 13.4. The zero-order valence-corrected chi connectivity index (χ0v) is 29.7. The molecule has 5 aromatic carbocycles. The van der Waals surface area contributed by atoms with Crippen molar-refractivity contribution in [3.8, 4) is 22.5 Å². The van der Waals surface area contributed by atoms with E-state index in [9.17, 15) is 15.0 Å². The Labute approximate surface area is 302 Å². The number of carbonyl (C=O) groups is 1. The third-order valence-electron chi connectivity index (χ3n) is 9.96. The van der Waals surface area contributed by atoms with E-state index in [1.54, 1.807) is 37.6 Å². The van der Waals surface area contributed by atoms with Gasteiger partial charge in [-0.25, -0.2) is 9.48 Å². The molecule has 6 aromatic rings. The average Bonchev–Trinajstić information content (AvgIpc) is 3.75. The summed E-state index contributed by atoms with van der Waals surface area (Å²) in [6.45, 7) is 4.91. The number of nitrogens with zero attached hydrogens (tertiary/aromatic N) is 6. The van der Waals surface area contributed by atoms with Crippen LogP contribution in [0.1, 0.15) is 37.5 Å². The number of aliphatic carboxylic acids is 1. The Morgan fingerprint density at radius 1 is 0.731 bits per heavy atom. The van der Waals surface area contributed by atoms with Crippen LogP contribution in [0, 0.1) is 0 Å². The van der Waals surface area contributed by atoms with E-state index >= 15 is 0 Å². The second kappa shape index (κ2) is 13.2. The quantitative estimate of drug-likeness (QED) is 0.147. The van der Waals surface area contributed by atoms with Crippen LogP contribution in [0.4, 0.5) is 5.69 Å². The zero-order valence-electron chi connectivity index (χ0n) is 29.7. The van der Waals surface area contributed by atoms with E-state index in [0.717, 1.165) is 33.4 Å². The Kier molecular flexibility index (Phi) is 8.73. The first-order valence-corrected chi connectivity index (χ1v) is 17.0. The van der Waals surface area contributed by atoms with Crippen molar-refractivity contribution in [1.29, 1.82) is 0 Å². The summed E-state index contributed by atoms with van der Waals surface area (Å²) in [4.78, 5) is 16.0. The van der Waals surface area contributed by atoms with E-state index in [-0.39, 0.29) is 11.4 Å². The van der Waals surface area contributed by atoms with Crippen LogP contribution in [-0.4, -0.2) is 66.9 Å². The zero-order chi connectivity index (χ0) is 36.7. The van der Waals surface area contributed by atoms with Gasteiger partial charge in [0.2, 0.25) is 5.85 Å². The Hall–Kier alpha value is -6.10. The van der Waals surface area contributed by atoms with E-state index in [2.05, 4.69) is 46.7 Å². The number of aromatic nitrogens is 4. The fraction of sp³-hybridized carbons (Fsp3) is 0.190.